The topological polar surface area (TPSA) is 108 Å². The molecule has 0 radical (unpaired) electrons. The van der Waals surface area contributed by atoms with Crippen LogP contribution >= 0.6 is 0 Å². The van der Waals surface area contributed by atoms with Crippen molar-refractivity contribution in [2.24, 2.45) is 0 Å². The van der Waals surface area contributed by atoms with Crippen molar-refractivity contribution in [1.82, 2.24) is 0 Å². The lowest BCUT2D eigenvalue weighted by molar-refractivity contribution is -0.384. The molecule has 1 N–H and O–H groups in total. The van der Waals surface area contributed by atoms with E-state index < -0.39 is 10.9 Å². The van der Waals surface area contributed by atoms with Crippen LogP contribution in [0.3, 0.4) is 0 Å². The number of nitrogens with zero attached hydrogens (tertiary/aromatic N) is 1. The SMILES string of the molecule is CCCCOc1cc(C(CC=CC(=O)O)OCC)ccc1OCCc1ccc([N+](=O)[O-])cc1. The number of unbranched alkanes of at least 4 members (excludes halogenated alkanes) is 1. The molecule has 2 aromatic rings. The maximum Gasteiger partial charge on any atom is 0.327 e. The van der Waals surface area contributed by atoms with Gasteiger partial charge in [0.25, 0.3) is 5.69 Å². The first-order chi connectivity index (χ1) is 15.9. The molecule has 8 heteroatoms. The van der Waals surface area contributed by atoms with Crippen molar-refractivity contribution in [3.8, 4) is 11.5 Å². The van der Waals surface area contributed by atoms with Gasteiger partial charge in [-0.15, -0.1) is 0 Å². The second-order valence-corrected chi connectivity index (χ2v) is 7.35. The van der Waals surface area contributed by atoms with Crippen LogP contribution in [0.25, 0.3) is 0 Å². The summed E-state index contributed by atoms with van der Waals surface area (Å²) in [6.07, 6.45) is 5.31. The van der Waals surface area contributed by atoms with Gasteiger partial charge in [-0.05, 0) is 43.0 Å². The highest BCUT2D eigenvalue weighted by atomic mass is 16.6. The lowest BCUT2D eigenvalue weighted by Crippen LogP contribution is -2.07. The lowest BCUT2D eigenvalue weighted by Gasteiger charge is -2.19. The summed E-state index contributed by atoms with van der Waals surface area (Å²) in [5.41, 5.74) is 1.87. The molecule has 1 unspecified atom stereocenters. The van der Waals surface area contributed by atoms with Crippen LogP contribution in [-0.4, -0.2) is 35.8 Å². The van der Waals surface area contributed by atoms with E-state index in [1.54, 1.807) is 18.2 Å². The summed E-state index contributed by atoms with van der Waals surface area (Å²) < 4.78 is 17.7. The number of hydrogen-bond donors (Lipinski definition) is 1. The molecule has 0 fully saturated rings. The van der Waals surface area contributed by atoms with Crippen LogP contribution in [0.5, 0.6) is 11.5 Å². The van der Waals surface area contributed by atoms with Crippen molar-refractivity contribution in [3.63, 3.8) is 0 Å². The molecule has 33 heavy (non-hydrogen) atoms. The van der Waals surface area contributed by atoms with Crippen molar-refractivity contribution in [3.05, 3.63) is 75.9 Å². The summed E-state index contributed by atoms with van der Waals surface area (Å²) in [5, 5.41) is 19.6. The number of carboxylic acids is 1. The van der Waals surface area contributed by atoms with E-state index in [2.05, 4.69) is 6.92 Å². The van der Waals surface area contributed by atoms with Crippen molar-refractivity contribution >= 4 is 11.7 Å². The molecular formula is C25H31NO7. The van der Waals surface area contributed by atoms with E-state index in [1.165, 1.54) is 12.1 Å². The molecule has 0 aliphatic rings. The highest BCUT2D eigenvalue weighted by Gasteiger charge is 2.15. The van der Waals surface area contributed by atoms with Gasteiger partial charge in [-0.3, -0.25) is 10.1 Å². The predicted octanol–water partition coefficient (Wildman–Crippen LogP) is 5.50. The van der Waals surface area contributed by atoms with Gasteiger partial charge in [-0.2, -0.15) is 0 Å². The van der Waals surface area contributed by atoms with Crippen molar-refractivity contribution in [2.75, 3.05) is 19.8 Å². The van der Waals surface area contributed by atoms with Gasteiger partial charge >= 0.3 is 5.97 Å². The summed E-state index contributed by atoms with van der Waals surface area (Å²) in [5.74, 6) is 0.218. The van der Waals surface area contributed by atoms with Gasteiger partial charge < -0.3 is 19.3 Å². The van der Waals surface area contributed by atoms with Crippen LogP contribution in [0.2, 0.25) is 0 Å². The summed E-state index contributed by atoms with van der Waals surface area (Å²) in [7, 11) is 0. The number of hydrogen-bond acceptors (Lipinski definition) is 6. The first-order valence-electron chi connectivity index (χ1n) is 11.1. The second kappa shape index (κ2) is 13.9. The Kier molecular flexibility index (Phi) is 10.9. The minimum atomic E-state index is -0.995. The molecule has 178 valence electrons. The van der Waals surface area contributed by atoms with E-state index in [1.807, 2.05) is 25.1 Å². The molecular weight excluding hydrogens is 426 g/mol. The molecule has 8 nitrogen and oxygen atoms in total. The summed E-state index contributed by atoms with van der Waals surface area (Å²) in [6, 6.07) is 12.0. The number of non-ortho nitro benzene ring substituents is 1. The Bertz CT molecular complexity index is 925. The fourth-order valence-corrected chi connectivity index (χ4v) is 3.14. The van der Waals surface area contributed by atoms with E-state index in [4.69, 9.17) is 19.3 Å². The zero-order valence-corrected chi connectivity index (χ0v) is 19.1. The van der Waals surface area contributed by atoms with Gasteiger partial charge in [0.2, 0.25) is 0 Å². The molecule has 0 bridgehead atoms. The van der Waals surface area contributed by atoms with E-state index in [9.17, 15) is 14.9 Å². The molecule has 1 atom stereocenters. The average Bonchev–Trinajstić information content (AvgIpc) is 2.79. The van der Waals surface area contributed by atoms with Gasteiger partial charge in [0.15, 0.2) is 11.5 Å². The molecule has 0 aliphatic heterocycles. The second-order valence-electron chi connectivity index (χ2n) is 7.35. The van der Waals surface area contributed by atoms with Gasteiger partial charge in [-0.25, -0.2) is 4.79 Å². The van der Waals surface area contributed by atoms with E-state index in [0.29, 0.717) is 44.2 Å². The van der Waals surface area contributed by atoms with Gasteiger partial charge in [-0.1, -0.05) is 37.6 Å². The van der Waals surface area contributed by atoms with Gasteiger partial charge in [0.05, 0.1) is 24.2 Å². The van der Waals surface area contributed by atoms with Crippen LogP contribution in [0.4, 0.5) is 5.69 Å². The number of nitro groups is 1. The zero-order valence-electron chi connectivity index (χ0n) is 19.1. The minimum absolute atomic E-state index is 0.0592. The quantitative estimate of drug-likeness (QED) is 0.163. The Morgan fingerprint density at radius 1 is 1.09 bits per heavy atom. The lowest BCUT2D eigenvalue weighted by atomic mass is 10.1. The van der Waals surface area contributed by atoms with Gasteiger partial charge in [0, 0.05) is 31.2 Å². The number of benzene rings is 2. The Morgan fingerprint density at radius 3 is 2.45 bits per heavy atom. The highest BCUT2D eigenvalue weighted by Crippen LogP contribution is 2.33. The molecule has 0 aromatic heterocycles. The Morgan fingerprint density at radius 2 is 1.82 bits per heavy atom. The Labute approximate surface area is 193 Å². The standard InChI is InChI=1S/C25H31NO7/c1-3-5-16-32-24-18-20(22(31-4-2)7-6-8-25(27)28)11-14-23(24)33-17-15-19-9-12-21(13-10-19)26(29)30/h6,8-14,18,22H,3-5,7,15-17H2,1-2H3,(H,27,28). The largest absolute Gasteiger partial charge is 0.490 e. The fraction of sp³-hybridized carbons (Fsp3) is 0.400. The van der Waals surface area contributed by atoms with Crippen molar-refractivity contribution in [2.45, 2.75) is 45.6 Å². The molecule has 0 aliphatic carbocycles. The third kappa shape index (κ3) is 8.94. The minimum Gasteiger partial charge on any atom is -0.490 e. The fourth-order valence-electron chi connectivity index (χ4n) is 3.14. The van der Waals surface area contributed by atoms with E-state index in [0.717, 1.165) is 30.0 Å². The molecule has 2 rings (SSSR count). The maximum atomic E-state index is 10.8. The summed E-state index contributed by atoms with van der Waals surface area (Å²) in [6.45, 7) is 5.41. The van der Waals surface area contributed by atoms with Crippen LogP contribution in [0.1, 0.15) is 50.3 Å². The van der Waals surface area contributed by atoms with Crippen LogP contribution in [0.15, 0.2) is 54.6 Å². The van der Waals surface area contributed by atoms with Crippen molar-refractivity contribution in [1.29, 1.82) is 0 Å². The molecule has 0 heterocycles. The summed E-state index contributed by atoms with van der Waals surface area (Å²) in [4.78, 5) is 21.1. The molecule has 0 amide bonds. The van der Waals surface area contributed by atoms with Gasteiger partial charge in [0.1, 0.15) is 0 Å². The number of nitro benzene ring substituents is 1. The smallest absolute Gasteiger partial charge is 0.327 e. The number of carbonyl (C=O) groups is 1. The Balaban J connectivity index is 2.11. The van der Waals surface area contributed by atoms with E-state index >= 15 is 0 Å². The molecule has 0 saturated carbocycles. The van der Waals surface area contributed by atoms with E-state index in [-0.39, 0.29) is 11.8 Å². The average molecular weight is 458 g/mol. The third-order valence-corrected chi connectivity index (χ3v) is 4.87. The first-order valence-corrected chi connectivity index (χ1v) is 11.1. The normalized spacial score (nSPS) is 11.9. The zero-order chi connectivity index (χ0) is 24.1. The first kappa shape index (κ1) is 25.9. The van der Waals surface area contributed by atoms with Crippen LogP contribution < -0.4 is 9.47 Å². The Hall–Kier alpha value is -3.39. The highest BCUT2D eigenvalue weighted by molar-refractivity contribution is 5.79. The third-order valence-electron chi connectivity index (χ3n) is 4.87. The molecule has 0 saturated heterocycles. The maximum absolute atomic E-state index is 10.8. The number of ether oxygens (including phenoxy) is 3. The van der Waals surface area contributed by atoms with Crippen LogP contribution in [0, 0.1) is 10.1 Å². The molecule has 0 spiro atoms. The summed E-state index contributed by atoms with van der Waals surface area (Å²) >= 11 is 0. The monoisotopic (exact) mass is 457 g/mol. The van der Waals surface area contributed by atoms with Crippen molar-refractivity contribution < 1.29 is 29.0 Å². The van der Waals surface area contributed by atoms with Crippen LogP contribution in [-0.2, 0) is 16.0 Å². The number of rotatable bonds is 15. The number of carboxylic acid groups (broad SMARTS) is 1. The predicted molar refractivity (Wildman–Crippen MR) is 125 cm³/mol. The molecule has 2 aromatic carbocycles. The number of aliphatic carboxylic acids is 1.